The molecule has 0 spiro atoms. The number of ether oxygens (including phenoxy) is 1. The number of hydrogen-bond donors (Lipinski definition) is 1. The van der Waals surface area contributed by atoms with Gasteiger partial charge in [0, 0.05) is 13.0 Å². The zero-order valence-electron chi connectivity index (χ0n) is 11.2. The second-order valence-corrected chi connectivity index (χ2v) is 4.99. The molecule has 0 aromatic heterocycles. The number of epoxide rings is 1. The van der Waals surface area contributed by atoms with Crippen molar-refractivity contribution in [3.63, 3.8) is 0 Å². The van der Waals surface area contributed by atoms with Crippen LogP contribution in [-0.2, 0) is 22.5 Å². The molecule has 3 rings (SSSR count). The standard InChI is InChI=1S/C17H17NO2/c19-17(18-12-14-9-5-2-6-10-14)16-15(20-16)11-13-7-3-1-4-8-13/h1-10,15-16H,11-12H2,(H,18,19). The fraction of sp³-hybridized carbons (Fsp3) is 0.235. The van der Waals surface area contributed by atoms with Gasteiger partial charge in [0.25, 0.3) is 5.91 Å². The summed E-state index contributed by atoms with van der Waals surface area (Å²) in [5.74, 6) is -0.0187. The first-order chi connectivity index (χ1) is 9.83. The lowest BCUT2D eigenvalue weighted by atomic mass is 10.1. The second kappa shape index (κ2) is 5.88. The molecule has 2 aromatic carbocycles. The van der Waals surface area contributed by atoms with Crippen LogP contribution >= 0.6 is 0 Å². The van der Waals surface area contributed by atoms with Gasteiger partial charge in [-0.25, -0.2) is 0 Å². The summed E-state index contributed by atoms with van der Waals surface area (Å²) in [6, 6.07) is 20.0. The summed E-state index contributed by atoms with van der Waals surface area (Å²) in [6.45, 7) is 0.553. The van der Waals surface area contributed by atoms with Crippen LogP contribution in [-0.4, -0.2) is 18.1 Å². The van der Waals surface area contributed by atoms with Crippen LogP contribution in [0.3, 0.4) is 0 Å². The van der Waals surface area contributed by atoms with Crippen molar-refractivity contribution in [1.82, 2.24) is 5.32 Å². The molecule has 2 aromatic rings. The molecule has 1 N–H and O–H groups in total. The van der Waals surface area contributed by atoms with E-state index in [9.17, 15) is 4.79 Å². The topological polar surface area (TPSA) is 41.6 Å². The van der Waals surface area contributed by atoms with Gasteiger partial charge in [0.2, 0.25) is 0 Å². The van der Waals surface area contributed by atoms with Crippen molar-refractivity contribution in [2.45, 2.75) is 25.2 Å². The molecule has 102 valence electrons. The van der Waals surface area contributed by atoms with E-state index < -0.39 is 0 Å². The van der Waals surface area contributed by atoms with Crippen LogP contribution in [0.1, 0.15) is 11.1 Å². The SMILES string of the molecule is O=C(NCc1ccccc1)C1OC1Cc1ccccc1. The molecular weight excluding hydrogens is 250 g/mol. The molecule has 0 bridgehead atoms. The monoisotopic (exact) mass is 267 g/mol. The van der Waals surface area contributed by atoms with Crippen molar-refractivity contribution in [2.75, 3.05) is 0 Å². The van der Waals surface area contributed by atoms with Gasteiger partial charge in [-0.3, -0.25) is 4.79 Å². The quantitative estimate of drug-likeness (QED) is 0.845. The van der Waals surface area contributed by atoms with Gasteiger partial charge in [-0.1, -0.05) is 60.7 Å². The molecule has 1 aliphatic rings. The molecule has 3 nitrogen and oxygen atoms in total. The summed E-state index contributed by atoms with van der Waals surface area (Å²) in [5.41, 5.74) is 2.30. The smallest absolute Gasteiger partial charge is 0.252 e. The summed E-state index contributed by atoms with van der Waals surface area (Å²) < 4.78 is 5.46. The number of carbonyl (C=O) groups excluding carboxylic acids is 1. The lowest BCUT2D eigenvalue weighted by molar-refractivity contribution is -0.122. The van der Waals surface area contributed by atoms with Gasteiger partial charge in [-0.15, -0.1) is 0 Å². The van der Waals surface area contributed by atoms with E-state index in [2.05, 4.69) is 17.4 Å². The predicted octanol–water partition coefficient (Wildman–Crippen LogP) is 2.31. The Morgan fingerprint density at radius 1 is 0.950 bits per heavy atom. The van der Waals surface area contributed by atoms with E-state index in [1.807, 2.05) is 48.5 Å². The van der Waals surface area contributed by atoms with E-state index in [4.69, 9.17) is 4.74 Å². The summed E-state index contributed by atoms with van der Waals surface area (Å²) in [4.78, 5) is 11.9. The molecule has 0 radical (unpaired) electrons. The van der Waals surface area contributed by atoms with Crippen LogP contribution in [0.4, 0.5) is 0 Å². The normalized spacial score (nSPS) is 20.4. The van der Waals surface area contributed by atoms with Crippen molar-refractivity contribution >= 4 is 5.91 Å². The van der Waals surface area contributed by atoms with Crippen molar-refractivity contribution in [2.24, 2.45) is 0 Å². The number of amides is 1. The Bertz CT molecular complexity index is 568. The Morgan fingerprint density at radius 2 is 1.55 bits per heavy atom. The van der Waals surface area contributed by atoms with E-state index in [0.29, 0.717) is 6.54 Å². The first-order valence-corrected chi connectivity index (χ1v) is 6.84. The maximum atomic E-state index is 11.9. The third-order valence-electron chi connectivity index (χ3n) is 3.43. The number of nitrogens with one attached hydrogen (secondary N) is 1. The summed E-state index contributed by atoms with van der Waals surface area (Å²) in [5, 5.41) is 2.91. The third kappa shape index (κ3) is 3.25. The van der Waals surface area contributed by atoms with Gasteiger partial charge in [0.15, 0.2) is 6.10 Å². The zero-order chi connectivity index (χ0) is 13.8. The summed E-state index contributed by atoms with van der Waals surface area (Å²) >= 11 is 0. The van der Waals surface area contributed by atoms with Crippen molar-refractivity contribution in [1.29, 1.82) is 0 Å². The third-order valence-corrected chi connectivity index (χ3v) is 3.43. The van der Waals surface area contributed by atoms with E-state index in [-0.39, 0.29) is 18.1 Å². The van der Waals surface area contributed by atoms with Crippen molar-refractivity contribution in [3.05, 3.63) is 71.8 Å². The molecule has 1 fully saturated rings. The average Bonchev–Trinajstić information content (AvgIpc) is 3.26. The highest BCUT2D eigenvalue weighted by atomic mass is 16.6. The number of hydrogen-bond acceptors (Lipinski definition) is 2. The maximum Gasteiger partial charge on any atom is 0.252 e. The summed E-state index contributed by atoms with van der Waals surface area (Å²) in [6.07, 6.45) is 0.525. The lowest BCUT2D eigenvalue weighted by Crippen LogP contribution is -2.28. The van der Waals surface area contributed by atoms with Crippen LogP contribution in [0.25, 0.3) is 0 Å². The van der Waals surface area contributed by atoms with Gasteiger partial charge in [-0.05, 0) is 11.1 Å². The Labute approximate surface area is 118 Å². The zero-order valence-corrected chi connectivity index (χ0v) is 11.2. The molecule has 20 heavy (non-hydrogen) atoms. The van der Waals surface area contributed by atoms with Crippen molar-refractivity contribution in [3.8, 4) is 0 Å². The van der Waals surface area contributed by atoms with Crippen LogP contribution in [0.2, 0.25) is 0 Å². The van der Waals surface area contributed by atoms with Crippen molar-refractivity contribution < 1.29 is 9.53 Å². The Hall–Kier alpha value is -2.13. The average molecular weight is 267 g/mol. The minimum Gasteiger partial charge on any atom is -0.359 e. The van der Waals surface area contributed by atoms with E-state index in [0.717, 1.165) is 12.0 Å². The van der Waals surface area contributed by atoms with Gasteiger partial charge < -0.3 is 10.1 Å². The number of carbonyl (C=O) groups is 1. The molecule has 3 heteroatoms. The van der Waals surface area contributed by atoms with Crippen LogP contribution in [0.15, 0.2) is 60.7 Å². The molecule has 0 aliphatic carbocycles. The van der Waals surface area contributed by atoms with E-state index >= 15 is 0 Å². The second-order valence-electron chi connectivity index (χ2n) is 4.99. The first-order valence-electron chi connectivity index (χ1n) is 6.84. The molecule has 1 amide bonds. The molecule has 1 heterocycles. The van der Waals surface area contributed by atoms with Gasteiger partial charge in [0.05, 0.1) is 6.10 Å². The number of benzene rings is 2. The molecule has 2 unspecified atom stereocenters. The van der Waals surface area contributed by atoms with E-state index in [1.54, 1.807) is 0 Å². The minimum atomic E-state index is -0.293. The van der Waals surface area contributed by atoms with Crippen LogP contribution in [0, 0.1) is 0 Å². The Kier molecular flexibility index (Phi) is 3.79. The van der Waals surface area contributed by atoms with E-state index in [1.165, 1.54) is 5.56 Å². The Balaban J connectivity index is 1.46. The fourth-order valence-electron chi connectivity index (χ4n) is 2.26. The molecule has 2 atom stereocenters. The van der Waals surface area contributed by atoms with Gasteiger partial charge in [0.1, 0.15) is 0 Å². The molecular formula is C17H17NO2. The number of rotatable bonds is 5. The van der Waals surface area contributed by atoms with Crippen LogP contribution in [0.5, 0.6) is 0 Å². The minimum absolute atomic E-state index is 0.0187. The highest BCUT2D eigenvalue weighted by molar-refractivity contribution is 5.83. The molecule has 1 aliphatic heterocycles. The lowest BCUT2D eigenvalue weighted by Gasteiger charge is -2.03. The predicted molar refractivity (Wildman–Crippen MR) is 77.1 cm³/mol. The van der Waals surface area contributed by atoms with Gasteiger partial charge >= 0.3 is 0 Å². The Morgan fingerprint density at radius 3 is 2.20 bits per heavy atom. The largest absolute Gasteiger partial charge is 0.359 e. The molecule has 0 saturated carbocycles. The highest BCUT2D eigenvalue weighted by Crippen LogP contribution is 2.26. The molecule has 1 saturated heterocycles. The van der Waals surface area contributed by atoms with Crippen LogP contribution < -0.4 is 5.32 Å². The highest BCUT2D eigenvalue weighted by Gasteiger charge is 2.44. The summed E-state index contributed by atoms with van der Waals surface area (Å²) in [7, 11) is 0. The fourth-order valence-corrected chi connectivity index (χ4v) is 2.26. The maximum absolute atomic E-state index is 11.9. The first kappa shape index (κ1) is 12.9. The van der Waals surface area contributed by atoms with Gasteiger partial charge in [-0.2, -0.15) is 0 Å².